The van der Waals surface area contributed by atoms with Crippen molar-refractivity contribution < 1.29 is 19.8 Å². The van der Waals surface area contributed by atoms with Crippen LogP contribution in [-0.4, -0.2) is 22.0 Å². The third-order valence-electron chi connectivity index (χ3n) is 6.63. The molecule has 11 heteroatoms. The van der Waals surface area contributed by atoms with Crippen LogP contribution in [0.5, 0.6) is 0 Å². The maximum Gasteiger partial charge on any atom is 0.279 e. The first-order chi connectivity index (χ1) is 21.6. The summed E-state index contributed by atoms with van der Waals surface area (Å²) in [6.07, 6.45) is 6.34. The second-order valence-electron chi connectivity index (χ2n) is 10.4. The normalized spacial score (nSPS) is 12.6. The Morgan fingerprint density at radius 3 is 1.53 bits per heavy atom. The molecule has 0 bridgehead atoms. The lowest BCUT2D eigenvalue weighted by Crippen LogP contribution is -2.16. The average Bonchev–Trinajstić information content (AvgIpc) is 3.01. The van der Waals surface area contributed by atoms with Gasteiger partial charge in [0.25, 0.3) is 11.8 Å². The minimum Gasteiger partial charge on any atom is -0.510 e. The van der Waals surface area contributed by atoms with Gasteiger partial charge < -0.3 is 20.8 Å². The van der Waals surface area contributed by atoms with Crippen LogP contribution in [0, 0.1) is 0 Å². The van der Waals surface area contributed by atoms with Crippen LogP contribution in [0.25, 0.3) is 0 Å². The smallest absolute Gasteiger partial charge is 0.279 e. The molecule has 0 unspecified atom stereocenters. The van der Waals surface area contributed by atoms with E-state index < -0.39 is 11.8 Å². The SMILES string of the molecule is CCCCc1ccc(N=N/C(C(=O)Nc2ccc(NC(=O)/C(N=Nc3ccc(CCCC)cc3)=C(/C)O)c(Cl)c2)=C(\C)O)cc1. The van der Waals surface area contributed by atoms with Crippen molar-refractivity contribution in [3.8, 4) is 0 Å². The lowest BCUT2D eigenvalue weighted by molar-refractivity contribution is -0.114. The molecule has 0 aliphatic carbocycles. The number of rotatable bonds is 14. The molecular weight excluding hydrogens is 592 g/mol. The fraction of sp³-hybridized carbons (Fsp3) is 0.294. The minimum absolute atomic E-state index is 0.103. The molecule has 3 rings (SSSR count). The molecule has 0 heterocycles. The molecule has 0 aromatic heterocycles. The maximum absolute atomic E-state index is 12.9. The second kappa shape index (κ2) is 17.5. The number of hydrogen-bond acceptors (Lipinski definition) is 8. The Morgan fingerprint density at radius 1 is 0.689 bits per heavy atom. The average molecular weight is 631 g/mol. The summed E-state index contributed by atoms with van der Waals surface area (Å²) in [6, 6.07) is 19.4. The number of halogens is 1. The predicted octanol–water partition coefficient (Wildman–Crippen LogP) is 10.0. The number of azo groups is 2. The molecule has 236 valence electrons. The number of hydrogen-bond donors (Lipinski definition) is 4. The zero-order valence-corrected chi connectivity index (χ0v) is 26.7. The van der Waals surface area contributed by atoms with E-state index in [-0.39, 0.29) is 39.3 Å². The molecule has 45 heavy (non-hydrogen) atoms. The number of benzene rings is 3. The zero-order chi connectivity index (χ0) is 32.8. The van der Waals surface area contributed by atoms with E-state index in [0.717, 1.165) is 38.5 Å². The first-order valence-electron chi connectivity index (χ1n) is 14.8. The topological polar surface area (TPSA) is 148 Å². The van der Waals surface area contributed by atoms with Crippen molar-refractivity contribution in [1.82, 2.24) is 0 Å². The zero-order valence-electron chi connectivity index (χ0n) is 26.0. The van der Waals surface area contributed by atoms with Gasteiger partial charge in [-0.05, 0) is 93.1 Å². The van der Waals surface area contributed by atoms with Gasteiger partial charge in [0.1, 0.15) is 11.5 Å². The number of anilines is 2. The molecule has 2 amide bonds. The largest absolute Gasteiger partial charge is 0.510 e. The van der Waals surface area contributed by atoms with Crippen LogP contribution in [0.4, 0.5) is 22.7 Å². The number of aryl methyl sites for hydroxylation is 2. The van der Waals surface area contributed by atoms with Gasteiger partial charge in [-0.25, -0.2) is 0 Å². The highest BCUT2D eigenvalue weighted by molar-refractivity contribution is 6.34. The molecule has 0 aliphatic heterocycles. The van der Waals surface area contributed by atoms with Gasteiger partial charge >= 0.3 is 0 Å². The van der Waals surface area contributed by atoms with Crippen LogP contribution in [0.1, 0.15) is 64.5 Å². The Hall–Kier alpha value is -4.83. The molecule has 0 fully saturated rings. The van der Waals surface area contributed by atoms with E-state index in [4.69, 9.17) is 11.6 Å². The highest BCUT2D eigenvalue weighted by Gasteiger charge is 2.17. The maximum atomic E-state index is 12.9. The van der Waals surface area contributed by atoms with E-state index in [1.807, 2.05) is 24.3 Å². The number of amides is 2. The van der Waals surface area contributed by atoms with Crippen LogP contribution in [0.2, 0.25) is 5.02 Å². The molecule has 4 N–H and O–H groups in total. The molecule has 0 saturated heterocycles. The quantitative estimate of drug-likeness (QED) is 0.0796. The first-order valence-corrected chi connectivity index (χ1v) is 15.2. The summed E-state index contributed by atoms with van der Waals surface area (Å²) >= 11 is 6.39. The van der Waals surface area contributed by atoms with Crippen LogP contribution >= 0.6 is 11.6 Å². The number of aliphatic hydroxyl groups excluding tert-OH is 2. The third kappa shape index (κ3) is 11.0. The van der Waals surface area contributed by atoms with Gasteiger partial charge in [-0.15, -0.1) is 10.2 Å². The fourth-order valence-electron chi connectivity index (χ4n) is 4.07. The number of nitrogens with zero attached hydrogens (tertiary/aromatic N) is 4. The van der Waals surface area contributed by atoms with Crippen LogP contribution in [-0.2, 0) is 22.4 Å². The highest BCUT2D eigenvalue weighted by atomic mass is 35.5. The molecular formula is C34H39ClN6O4. The Labute approximate surface area is 268 Å². The molecule has 0 spiro atoms. The summed E-state index contributed by atoms with van der Waals surface area (Å²) in [4.78, 5) is 25.8. The van der Waals surface area contributed by atoms with Gasteiger partial charge in [0.2, 0.25) is 0 Å². The van der Waals surface area contributed by atoms with Gasteiger partial charge in [-0.2, -0.15) is 10.2 Å². The van der Waals surface area contributed by atoms with Crippen molar-refractivity contribution in [2.24, 2.45) is 20.5 Å². The molecule has 0 radical (unpaired) electrons. The Morgan fingerprint density at radius 2 is 1.13 bits per heavy atom. The number of carbonyl (C=O) groups is 2. The number of nitrogens with one attached hydrogen (secondary N) is 2. The highest BCUT2D eigenvalue weighted by Crippen LogP contribution is 2.27. The predicted molar refractivity (Wildman–Crippen MR) is 179 cm³/mol. The number of unbranched alkanes of at least 4 members (excludes halogenated alkanes) is 2. The van der Waals surface area contributed by atoms with E-state index in [1.54, 1.807) is 24.3 Å². The molecule has 0 aliphatic rings. The first kappa shape index (κ1) is 34.7. The molecule has 3 aromatic rings. The third-order valence-corrected chi connectivity index (χ3v) is 6.95. The van der Waals surface area contributed by atoms with Crippen LogP contribution < -0.4 is 10.6 Å². The second-order valence-corrected chi connectivity index (χ2v) is 10.8. The van der Waals surface area contributed by atoms with E-state index in [0.29, 0.717) is 11.4 Å². The van der Waals surface area contributed by atoms with E-state index in [2.05, 4.69) is 44.9 Å². The van der Waals surface area contributed by atoms with Crippen molar-refractivity contribution in [3.05, 3.63) is 106 Å². The lowest BCUT2D eigenvalue weighted by Gasteiger charge is -2.11. The van der Waals surface area contributed by atoms with Gasteiger partial charge in [0.05, 0.1) is 22.1 Å². The molecule has 10 nitrogen and oxygen atoms in total. The van der Waals surface area contributed by atoms with Crippen LogP contribution in [0.3, 0.4) is 0 Å². The van der Waals surface area contributed by atoms with Gasteiger partial charge in [0.15, 0.2) is 11.4 Å². The lowest BCUT2D eigenvalue weighted by atomic mass is 10.1. The molecule has 0 saturated carbocycles. The van der Waals surface area contributed by atoms with Crippen molar-refractivity contribution in [1.29, 1.82) is 0 Å². The van der Waals surface area contributed by atoms with Crippen molar-refractivity contribution in [2.45, 2.75) is 66.2 Å². The summed E-state index contributed by atoms with van der Waals surface area (Å²) in [5, 5.41) is 41.6. The molecule has 0 atom stereocenters. The summed E-state index contributed by atoms with van der Waals surface area (Å²) in [6.45, 7) is 6.93. The van der Waals surface area contributed by atoms with Crippen molar-refractivity contribution in [2.75, 3.05) is 10.6 Å². The minimum atomic E-state index is -0.725. The Bertz CT molecular complexity index is 1590. The Balaban J connectivity index is 1.65. The van der Waals surface area contributed by atoms with Crippen molar-refractivity contribution in [3.63, 3.8) is 0 Å². The summed E-state index contributed by atoms with van der Waals surface area (Å²) in [7, 11) is 0. The van der Waals surface area contributed by atoms with E-state index in [1.165, 1.54) is 43.2 Å². The van der Waals surface area contributed by atoms with Crippen LogP contribution in [0.15, 0.2) is 110 Å². The number of aliphatic hydroxyl groups is 2. The van der Waals surface area contributed by atoms with Gasteiger partial charge in [0, 0.05) is 5.69 Å². The Kier molecular flexibility index (Phi) is 13.4. The van der Waals surface area contributed by atoms with Gasteiger partial charge in [-0.1, -0.05) is 62.6 Å². The summed E-state index contributed by atoms with van der Waals surface area (Å²) in [5.41, 5.74) is 3.38. The summed E-state index contributed by atoms with van der Waals surface area (Å²) < 4.78 is 0. The van der Waals surface area contributed by atoms with Gasteiger partial charge in [-0.3, -0.25) is 9.59 Å². The molecule has 3 aromatic carbocycles. The summed E-state index contributed by atoms with van der Waals surface area (Å²) in [5.74, 6) is -2.06. The van der Waals surface area contributed by atoms with Crippen molar-refractivity contribution >= 4 is 46.2 Å². The fourth-order valence-corrected chi connectivity index (χ4v) is 4.29. The number of allylic oxidation sites excluding steroid dienone is 2. The van der Waals surface area contributed by atoms with E-state index >= 15 is 0 Å². The van der Waals surface area contributed by atoms with E-state index in [9.17, 15) is 19.8 Å². The monoisotopic (exact) mass is 630 g/mol. The number of carbonyl (C=O) groups excluding carboxylic acids is 2. The standard InChI is InChI=1S/C34H39ClN6O4/c1-5-7-9-24-11-15-26(16-12-24)38-40-31(22(3)42)33(44)36-28-19-20-30(29(35)21-28)37-34(45)32(23(4)43)41-39-27-17-13-25(14-18-27)10-8-6-2/h11-21,42-43H,5-10H2,1-4H3,(H,36,44)(H,37,45)/b31-22+,32-23+,40-38?,41-39?.